The first-order valence-electron chi connectivity index (χ1n) is 5.02. The van der Waals surface area contributed by atoms with E-state index in [2.05, 4.69) is 0 Å². The molecule has 4 nitrogen and oxygen atoms in total. The van der Waals surface area contributed by atoms with E-state index in [0.717, 1.165) is 18.2 Å². The first-order chi connectivity index (χ1) is 9.01. The Morgan fingerprint density at radius 1 is 1.30 bits per heavy atom. The largest absolute Gasteiger partial charge is 0.405 e. The monoisotopic (exact) mass is 333 g/mol. The van der Waals surface area contributed by atoms with Gasteiger partial charge in [-0.25, -0.2) is 12.8 Å². The van der Waals surface area contributed by atoms with Crippen LogP contribution in [0.4, 0.5) is 17.6 Å². The number of halogens is 5. The molecule has 0 aliphatic heterocycles. The molecule has 0 radical (unpaired) electrons. The van der Waals surface area contributed by atoms with Crippen LogP contribution in [0.15, 0.2) is 23.1 Å². The molecule has 20 heavy (non-hydrogen) atoms. The minimum absolute atomic E-state index is 0.453. The fraction of sp³-hybridized carbons (Fsp3) is 0.300. The van der Waals surface area contributed by atoms with Gasteiger partial charge in [-0.3, -0.25) is 4.79 Å². The highest BCUT2D eigenvalue weighted by molar-refractivity contribution is 7.92. The van der Waals surface area contributed by atoms with Crippen LogP contribution in [0.1, 0.15) is 0 Å². The van der Waals surface area contributed by atoms with Crippen LogP contribution in [-0.2, 0) is 14.6 Å². The summed E-state index contributed by atoms with van der Waals surface area (Å²) in [5, 5.41) is 0.954. The van der Waals surface area contributed by atoms with Gasteiger partial charge >= 0.3 is 6.18 Å². The number of rotatable bonds is 4. The summed E-state index contributed by atoms with van der Waals surface area (Å²) in [6, 6.07) is 2.43. The lowest BCUT2D eigenvalue weighted by Gasteiger charge is -2.09. The third-order valence-corrected chi connectivity index (χ3v) is 3.96. The number of sulfone groups is 1. The fourth-order valence-electron chi connectivity index (χ4n) is 1.18. The Bertz CT molecular complexity index is 615. The summed E-state index contributed by atoms with van der Waals surface area (Å²) in [5.74, 6) is -3.36. The van der Waals surface area contributed by atoms with Gasteiger partial charge in [0.1, 0.15) is 18.1 Å². The summed E-state index contributed by atoms with van der Waals surface area (Å²) in [6.45, 7) is -1.63. The smallest absolute Gasteiger partial charge is 0.346 e. The van der Waals surface area contributed by atoms with Crippen molar-refractivity contribution in [2.24, 2.45) is 0 Å². The third-order valence-electron chi connectivity index (χ3n) is 2.06. The SMILES string of the molecule is O=C(CS(=O)(=O)c1ccc(F)c(Cl)c1)NCC(F)(F)F. The molecule has 10 heteroatoms. The zero-order valence-corrected chi connectivity index (χ0v) is 11.2. The van der Waals surface area contributed by atoms with Crippen LogP contribution in [-0.4, -0.2) is 32.8 Å². The lowest BCUT2D eigenvalue weighted by atomic mass is 10.3. The molecule has 0 unspecified atom stereocenters. The quantitative estimate of drug-likeness (QED) is 0.676. The summed E-state index contributed by atoms with van der Waals surface area (Å²) < 4.78 is 71.8. The molecule has 1 amide bonds. The number of carbonyl (C=O) groups excluding carboxylic acids is 1. The summed E-state index contributed by atoms with van der Waals surface area (Å²) in [7, 11) is -4.20. The number of nitrogens with one attached hydrogen (secondary N) is 1. The molecule has 1 aromatic rings. The van der Waals surface area contributed by atoms with Crippen molar-refractivity contribution < 1.29 is 30.8 Å². The molecule has 0 atom stereocenters. The number of hydrogen-bond donors (Lipinski definition) is 1. The van der Waals surface area contributed by atoms with Gasteiger partial charge in [-0.05, 0) is 18.2 Å². The van der Waals surface area contributed by atoms with Crippen molar-refractivity contribution in [1.29, 1.82) is 0 Å². The average molecular weight is 334 g/mol. The predicted octanol–water partition coefficient (Wildman–Crippen LogP) is 1.93. The zero-order chi connectivity index (χ0) is 15.6. The van der Waals surface area contributed by atoms with E-state index >= 15 is 0 Å². The van der Waals surface area contributed by atoms with Gasteiger partial charge in [-0.2, -0.15) is 13.2 Å². The average Bonchev–Trinajstić information content (AvgIpc) is 2.28. The predicted molar refractivity (Wildman–Crippen MR) is 62.5 cm³/mol. The molecule has 0 fully saturated rings. The van der Waals surface area contributed by atoms with Gasteiger partial charge < -0.3 is 5.32 Å². The van der Waals surface area contributed by atoms with E-state index in [-0.39, 0.29) is 0 Å². The molecule has 0 heterocycles. The Balaban J connectivity index is 2.79. The zero-order valence-electron chi connectivity index (χ0n) is 9.67. The maximum Gasteiger partial charge on any atom is 0.405 e. The van der Waals surface area contributed by atoms with Gasteiger partial charge in [0.05, 0.1) is 9.92 Å². The molecule has 0 saturated heterocycles. The van der Waals surface area contributed by atoms with Crippen molar-refractivity contribution in [1.82, 2.24) is 5.32 Å². The van der Waals surface area contributed by atoms with E-state index in [9.17, 15) is 30.8 Å². The van der Waals surface area contributed by atoms with Gasteiger partial charge in [0.2, 0.25) is 5.91 Å². The van der Waals surface area contributed by atoms with E-state index in [1.54, 1.807) is 0 Å². The Kier molecular flexibility index (Phi) is 4.98. The molecular weight excluding hydrogens is 326 g/mol. The van der Waals surface area contributed by atoms with E-state index in [1.165, 1.54) is 5.32 Å². The van der Waals surface area contributed by atoms with Gasteiger partial charge in [0.15, 0.2) is 9.84 Å². The van der Waals surface area contributed by atoms with Crippen LogP contribution in [0.3, 0.4) is 0 Å². The molecule has 112 valence electrons. The first-order valence-corrected chi connectivity index (χ1v) is 7.05. The topological polar surface area (TPSA) is 63.2 Å². The van der Waals surface area contributed by atoms with Crippen LogP contribution >= 0.6 is 11.6 Å². The normalized spacial score (nSPS) is 12.2. The van der Waals surface area contributed by atoms with Gasteiger partial charge in [0.25, 0.3) is 0 Å². The van der Waals surface area contributed by atoms with E-state index < -0.39 is 50.0 Å². The van der Waals surface area contributed by atoms with Crippen molar-refractivity contribution in [2.45, 2.75) is 11.1 Å². The molecule has 1 N–H and O–H groups in total. The summed E-state index contributed by atoms with van der Waals surface area (Å²) in [4.78, 5) is 10.7. The summed E-state index contributed by atoms with van der Waals surface area (Å²) in [6.07, 6.45) is -4.64. The number of amides is 1. The van der Waals surface area contributed by atoms with Crippen molar-refractivity contribution in [3.63, 3.8) is 0 Å². The molecule has 0 spiro atoms. The first kappa shape index (κ1) is 16.7. The lowest BCUT2D eigenvalue weighted by Crippen LogP contribution is -2.37. The molecular formula is C10H8ClF4NO3S. The molecule has 0 saturated carbocycles. The van der Waals surface area contributed by atoms with Crippen LogP contribution in [0.5, 0.6) is 0 Å². The van der Waals surface area contributed by atoms with Crippen LogP contribution in [0, 0.1) is 5.82 Å². The Labute approximate surface area is 116 Å². The second kappa shape index (κ2) is 5.96. The fourth-order valence-corrected chi connectivity index (χ4v) is 2.61. The number of alkyl halides is 3. The minimum Gasteiger partial charge on any atom is -0.346 e. The summed E-state index contributed by atoms with van der Waals surface area (Å²) >= 11 is 5.39. The highest BCUT2D eigenvalue weighted by Gasteiger charge is 2.29. The third kappa shape index (κ3) is 4.97. The lowest BCUT2D eigenvalue weighted by molar-refractivity contribution is -0.137. The standard InChI is InChI=1S/C10H8ClF4NO3S/c11-7-3-6(1-2-8(7)12)20(18,19)4-9(17)16-5-10(13,14)15/h1-3H,4-5H2,(H,16,17). The molecule has 0 bridgehead atoms. The Hall–Kier alpha value is -1.35. The maximum absolute atomic E-state index is 12.9. The van der Waals surface area contributed by atoms with Crippen LogP contribution in [0.2, 0.25) is 5.02 Å². The Morgan fingerprint density at radius 3 is 2.40 bits per heavy atom. The number of hydrogen-bond acceptors (Lipinski definition) is 3. The second-order valence-electron chi connectivity index (χ2n) is 3.73. The maximum atomic E-state index is 12.9. The highest BCUT2D eigenvalue weighted by Crippen LogP contribution is 2.20. The van der Waals surface area contributed by atoms with Crippen LogP contribution < -0.4 is 5.32 Å². The minimum atomic E-state index is -4.64. The Morgan fingerprint density at radius 2 is 1.90 bits per heavy atom. The molecule has 0 aliphatic rings. The van der Waals surface area contributed by atoms with Crippen molar-refractivity contribution in [3.05, 3.63) is 29.0 Å². The second-order valence-corrected chi connectivity index (χ2v) is 6.12. The van der Waals surface area contributed by atoms with Gasteiger partial charge in [-0.1, -0.05) is 11.6 Å². The van der Waals surface area contributed by atoms with Crippen molar-refractivity contribution >= 4 is 27.3 Å². The number of carbonyl (C=O) groups is 1. The van der Waals surface area contributed by atoms with E-state index in [4.69, 9.17) is 11.6 Å². The molecule has 0 aromatic heterocycles. The summed E-state index contributed by atoms with van der Waals surface area (Å²) in [5.41, 5.74) is 0. The van der Waals surface area contributed by atoms with Gasteiger partial charge in [0, 0.05) is 0 Å². The van der Waals surface area contributed by atoms with Gasteiger partial charge in [-0.15, -0.1) is 0 Å². The van der Waals surface area contributed by atoms with E-state index in [0.29, 0.717) is 0 Å². The van der Waals surface area contributed by atoms with Crippen LogP contribution in [0.25, 0.3) is 0 Å². The molecule has 0 aliphatic carbocycles. The van der Waals surface area contributed by atoms with Crippen molar-refractivity contribution in [3.8, 4) is 0 Å². The van der Waals surface area contributed by atoms with E-state index in [1.807, 2.05) is 0 Å². The van der Waals surface area contributed by atoms with Crippen molar-refractivity contribution in [2.75, 3.05) is 12.3 Å². The number of benzene rings is 1. The molecule has 1 rings (SSSR count). The molecule has 1 aromatic carbocycles. The highest BCUT2D eigenvalue weighted by atomic mass is 35.5.